The van der Waals surface area contributed by atoms with Crippen molar-refractivity contribution in [3.8, 4) is 5.75 Å². The van der Waals surface area contributed by atoms with Gasteiger partial charge in [0, 0.05) is 6.54 Å². The first-order chi connectivity index (χ1) is 15.6. The molecule has 0 saturated carbocycles. The van der Waals surface area contributed by atoms with E-state index in [9.17, 15) is 9.59 Å². The van der Waals surface area contributed by atoms with Crippen molar-refractivity contribution < 1.29 is 14.3 Å². The number of nitrogens with one attached hydrogen (secondary N) is 2. The highest BCUT2D eigenvalue weighted by molar-refractivity contribution is 6.04. The summed E-state index contributed by atoms with van der Waals surface area (Å²) >= 11 is 0. The molecule has 0 unspecified atom stereocenters. The number of anilines is 1. The molecule has 0 bridgehead atoms. The molecule has 0 spiro atoms. The van der Waals surface area contributed by atoms with E-state index in [0.29, 0.717) is 17.8 Å². The zero-order valence-corrected chi connectivity index (χ0v) is 18.3. The predicted molar refractivity (Wildman–Crippen MR) is 126 cm³/mol. The molecule has 1 aliphatic carbocycles. The second-order valence-corrected chi connectivity index (χ2v) is 8.06. The zero-order chi connectivity index (χ0) is 22.3. The highest BCUT2D eigenvalue weighted by Gasteiger charge is 2.21. The number of benzene rings is 3. The van der Waals surface area contributed by atoms with Crippen molar-refractivity contribution in [2.75, 3.05) is 5.32 Å². The summed E-state index contributed by atoms with van der Waals surface area (Å²) in [5, 5.41) is 5.78. The van der Waals surface area contributed by atoms with Gasteiger partial charge in [0.25, 0.3) is 11.8 Å². The second-order valence-electron chi connectivity index (χ2n) is 8.06. The van der Waals surface area contributed by atoms with Crippen LogP contribution in [0.25, 0.3) is 0 Å². The number of carbonyl (C=O) groups excluding carboxylic acids is 2. The minimum absolute atomic E-state index is 0.240. The molecule has 164 valence electrons. The Hall–Kier alpha value is -3.60. The summed E-state index contributed by atoms with van der Waals surface area (Å²) in [6.45, 7) is 2.15. The van der Waals surface area contributed by atoms with Gasteiger partial charge in [-0.15, -0.1) is 0 Å². The van der Waals surface area contributed by atoms with E-state index in [1.54, 1.807) is 31.2 Å². The van der Waals surface area contributed by atoms with Crippen molar-refractivity contribution in [3.63, 3.8) is 0 Å². The summed E-state index contributed by atoms with van der Waals surface area (Å²) in [6.07, 6.45) is 3.67. The molecule has 3 aromatic rings. The van der Waals surface area contributed by atoms with Crippen LogP contribution in [0.3, 0.4) is 0 Å². The molecule has 0 aromatic heterocycles. The van der Waals surface area contributed by atoms with E-state index in [2.05, 4.69) is 16.7 Å². The summed E-state index contributed by atoms with van der Waals surface area (Å²) in [4.78, 5) is 25.6. The number of fused-ring (bicyclic) bond motifs is 1. The molecule has 1 aliphatic rings. The molecular weight excluding hydrogens is 400 g/mol. The van der Waals surface area contributed by atoms with Crippen LogP contribution in [0, 0.1) is 0 Å². The van der Waals surface area contributed by atoms with Crippen LogP contribution in [0.2, 0.25) is 0 Å². The van der Waals surface area contributed by atoms with Crippen LogP contribution in [-0.4, -0.2) is 17.9 Å². The van der Waals surface area contributed by atoms with Crippen LogP contribution in [0.1, 0.15) is 46.8 Å². The molecule has 0 fully saturated rings. The van der Waals surface area contributed by atoms with Gasteiger partial charge in [0.1, 0.15) is 5.75 Å². The fourth-order valence-corrected chi connectivity index (χ4v) is 4.00. The maximum atomic E-state index is 12.9. The van der Waals surface area contributed by atoms with E-state index in [4.69, 9.17) is 4.74 Å². The Morgan fingerprint density at radius 2 is 1.66 bits per heavy atom. The van der Waals surface area contributed by atoms with Crippen molar-refractivity contribution >= 4 is 17.5 Å². The number of carbonyl (C=O) groups is 2. The molecule has 32 heavy (non-hydrogen) atoms. The largest absolute Gasteiger partial charge is 0.481 e. The smallest absolute Gasteiger partial charge is 0.265 e. The van der Waals surface area contributed by atoms with Gasteiger partial charge in [-0.3, -0.25) is 9.59 Å². The van der Waals surface area contributed by atoms with Gasteiger partial charge in [-0.25, -0.2) is 0 Å². The van der Waals surface area contributed by atoms with Crippen LogP contribution in [0.4, 0.5) is 5.69 Å². The molecule has 0 aliphatic heterocycles. The molecule has 3 aromatic carbocycles. The van der Waals surface area contributed by atoms with Gasteiger partial charge < -0.3 is 15.4 Å². The van der Waals surface area contributed by atoms with Crippen molar-refractivity contribution in [1.82, 2.24) is 5.32 Å². The van der Waals surface area contributed by atoms with Crippen LogP contribution in [-0.2, 0) is 24.2 Å². The Balaban J connectivity index is 1.42. The fraction of sp³-hybridized carbons (Fsp3) is 0.259. The van der Waals surface area contributed by atoms with Crippen molar-refractivity contribution in [1.29, 1.82) is 0 Å². The van der Waals surface area contributed by atoms with Gasteiger partial charge in [-0.2, -0.15) is 0 Å². The first kappa shape index (κ1) is 21.6. The standard InChI is InChI=1S/C27H28N2O3/c1-19(32-25-17-9-13-21-12-5-6-14-22(21)25)26(30)29-24-16-8-7-15-23(24)27(31)28-18-20-10-3-2-4-11-20/h2-4,7-11,13,15-17,19H,5-6,12,14,18H2,1H3,(H,28,31)(H,29,30)/t19-/m0/s1. The lowest BCUT2D eigenvalue weighted by Gasteiger charge is -2.22. The highest BCUT2D eigenvalue weighted by atomic mass is 16.5. The lowest BCUT2D eigenvalue weighted by molar-refractivity contribution is -0.122. The summed E-state index contributed by atoms with van der Waals surface area (Å²) < 4.78 is 6.04. The van der Waals surface area contributed by atoms with Gasteiger partial charge in [-0.1, -0.05) is 54.6 Å². The van der Waals surface area contributed by atoms with Crippen molar-refractivity contribution in [2.24, 2.45) is 0 Å². The third-order valence-electron chi connectivity index (χ3n) is 5.75. The predicted octanol–water partition coefficient (Wildman–Crippen LogP) is 4.90. The summed E-state index contributed by atoms with van der Waals surface area (Å²) in [7, 11) is 0. The van der Waals surface area contributed by atoms with E-state index < -0.39 is 6.10 Å². The zero-order valence-electron chi connectivity index (χ0n) is 18.3. The first-order valence-corrected chi connectivity index (χ1v) is 11.1. The molecule has 2 N–H and O–H groups in total. The summed E-state index contributed by atoms with van der Waals surface area (Å²) in [5.74, 6) is 0.246. The lowest BCUT2D eigenvalue weighted by Crippen LogP contribution is -2.32. The average Bonchev–Trinajstić information content (AvgIpc) is 2.83. The normalized spacial score (nSPS) is 13.5. The average molecular weight is 429 g/mol. The quantitative estimate of drug-likeness (QED) is 0.562. The first-order valence-electron chi connectivity index (χ1n) is 11.1. The monoisotopic (exact) mass is 428 g/mol. The fourth-order valence-electron chi connectivity index (χ4n) is 4.00. The van der Waals surface area contributed by atoms with Gasteiger partial charge in [0.2, 0.25) is 0 Å². The topological polar surface area (TPSA) is 67.4 Å². The van der Waals surface area contributed by atoms with Crippen LogP contribution in [0.15, 0.2) is 72.8 Å². The Bertz CT molecular complexity index is 1100. The number of para-hydroxylation sites is 1. The molecule has 0 radical (unpaired) electrons. The van der Waals surface area contributed by atoms with Gasteiger partial charge in [0.15, 0.2) is 6.10 Å². The molecule has 0 saturated heterocycles. The number of ether oxygens (including phenoxy) is 1. The Kier molecular flexibility index (Phi) is 6.85. The van der Waals surface area contributed by atoms with Crippen LogP contribution < -0.4 is 15.4 Å². The Morgan fingerprint density at radius 3 is 2.50 bits per heavy atom. The number of rotatable bonds is 7. The lowest BCUT2D eigenvalue weighted by atomic mass is 9.91. The van der Waals surface area contributed by atoms with E-state index in [1.165, 1.54) is 17.5 Å². The molecule has 1 atom stereocenters. The minimum atomic E-state index is -0.691. The SMILES string of the molecule is C[C@H](Oc1cccc2c1CCCC2)C(=O)Nc1ccccc1C(=O)NCc1ccccc1. The van der Waals surface area contributed by atoms with Crippen molar-refractivity contribution in [3.05, 3.63) is 95.1 Å². The number of hydrogen-bond acceptors (Lipinski definition) is 3. The number of hydrogen-bond donors (Lipinski definition) is 2. The van der Waals surface area contributed by atoms with Crippen LogP contribution in [0.5, 0.6) is 5.75 Å². The molecular formula is C27H28N2O3. The van der Waals surface area contributed by atoms with Gasteiger partial charge in [0.05, 0.1) is 11.3 Å². The molecule has 4 rings (SSSR count). The van der Waals surface area contributed by atoms with Gasteiger partial charge >= 0.3 is 0 Å². The van der Waals surface area contributed by atoms with Crippen LogP contribution >= 0.6 is 0 Å². The second kappa shape index (κ2) is 10.1. The molecule has 5 heteroatoms. The Morgan fingerprint density at radius 1 is 0.906 bits per heavy atom. The minimum Gasteiger partial charge on any atom is -0.481 e. The summed E-state index contributed by atoms with van der Waals surface area (Å²) in [6, 6.07) is 22.8. The maximum Gasteiger partial charge on any atom is 0.265 e. The van der Waals surface area contributed by atoms with E-state index in [1.807, 2.05) is 42.5 Å². The Labute approximate surface area is 188 Å². The van der Waals surface area contributed by atoms with Crippen molar-refractivity contribution in [2.45, 2.75) is 45.3 Å². The number of aryl methyl sites for hydroxylation is 1. The van der Waals surface area contributed by atoms with E-state index in [0.717, 1.165) is 30.6 Å². The summed E-state index contributed by atoms with van der Waals surface area (Å²) in [5.41, 5.74) is 4.41. The maximum absolute atomic E-state index is 12.9. The van der Waals surface area contributed by atoms with E-state index in [-0.39, 0.29) is 11.8 Å². The van der Waals surface area contributed by atoms with Gasteiger partial charge in [-0.05, 0) is 67.5 Å². The molecule has 0 heterocycles. The third kappa shape index (κ3) is 5.17. The molecule has 5 nitrogen and oxygen atoms in total. The number of amides is 2. The highest BCUT2D eigenvalue weighted by Crippen LogP contribution is 2.30. The molecule has 2 amide bonds. The third-order valence-corrected chi connectivity index (χ3v) is 5.75. The van der Waals surface area contributed by atoms with E-state index >= 15 is 0 Å².